The smallest absolute Gasteiger partial charge is 0.457 e. The summed E-state index contributed by atoms with van der Waals surface area (Å²) in [4.78, 5) is 22.3. The lowest BCUT2D eigenvalue weighted by molar-refractivity contribution is -0.153. The topological polar surface area (TPSA) is 117 Å². The predicted molar refractivity (Wildman–Crippen MR) is 201 cm³/mol. The van der Waals surface area contributed by atoms with Gasteiger partial charge in [-0.15, -0.1) is 0 Å². The lowest BCUT2D eigenvalue weighted by atomic mass is 10.1. The van der Waals surface area contributed by atoms with Gasteiger partial charge in [0.25, 0.3) is 0 Å². The molecule has 0 aromatic heterocycles. The van der Waals surface area contributed by atoms with Crippen LogP contribution in [-0.4, -0.2) is 49.9 Å². The molecule has 2 atom stereocenters. The summed E-state index contributed by atoms with van der Waals surface area (Å²) in [7, 11) is -4.30. The maximum absolute atomic E-state index is 12.4. The third-order valence-electron chi connectivity index (χ3n) is 6.81. The minimum Gasteiger partial charge on any atom is -0.457 e. The number of allylic oxidation sites excluding steroid dienone is 13. The van der Waals surface area contributed by atoms with E-state index < -0.39 is 19.9 Å². The van der Waals surface area contributed by atoms with Gasteiger partial charge < -0.3 is 20.1 Å². The zero-order chi connectivity index (χ0) is 35.2. The van der Waals surface area contributed by atoms with Gasteiger partial charge in [0.2, 0.25) is 0 Å². The van der Waals surface area contributed by atoms with Gasteiger partial charge in [-0.05, 0) is 64.2 Å². The highest BCUT2D eigenvalue weighted by atomic mass is 31.2. The molecule has 9 heteroatoms. The molecule has 0 aromatic rings. The Balaban J connectivity index is 4.31. The molecule has 0 aromatic carbocycles. The highest BCUT2D eigenvalue weighted by Gasteiger charge is 2.25. The first kappa shape index (κ1) is 45.7. The second kappa shape index (κ2) is 36.0. The van der Waals surface area contributed by atoms with E-state index in [-0.39, 0.29) is 32.8 Å². The van der Waals surface area contributed by atoms with Crippen molar-refractivity contribution >= 4 is 13.8 Å². The molecule has 0 rings (SSSR count). The first-order valence-corrected chi connectivity index (χ1v) is 19.6. The average molecular weight is 692 g/mol. The minimum atomic E-state index is -4.30. The zero-order valence-electron chi connectivity index (χ0n) is 29.9. The summed E-state index contributed by atoms with van der Waals surface area (Å²) < 4.78 is 33.1. The maximum Gasteiger partial charge on any atom is 0.472 e. The fourth-order valence-electron chi connectivity index (χ4n) is 4.22. The number of hydrogen-bond acceptors (Lipinski definition) is 7. The Morgan fingerprint density at radius 3 is 1.75 bits per heavy atom. The fourth-order valence-corrected chi connectivity index (χ4v) is 4.99. The third kappa shape index (κ3) is 35.0. The Morgan fingerprint density at radius 1 is 0.646 bits per heavy atom. The van der Waals surface area contributed by atoms with Crippen molar-refractivity contribution in [2.75, 3.05) is 33.0 Å². The Labute approximate surface area is 292 Å². The number of phosphoric ester groups is 1. The van der Waals surface area contributed by atoms with E-state index in [2.05, 4.69) is 86.8 Å². The van der Waals surface area contributed by atoms with Crippen LogP contribution in [0.25, 0.3) is 0 Å². The van der Waals surface area contributed by atoms with Gasteiger partial charge in [-0.25, -0.2) is 4.57 Å². The molecule has 0 saturated heterocycles. The molecule has 0 aliphatic carbocycles. The number of phosphoric acid groups is 1. The van der Waals surface area contributed by atoms with Gasteiger partial charge >= 0.3 is 13.8 Å². The van der Waals surface area contributed by atoms with E-state index in [4.69, 9.17) is 24.3 Å². The van der Waals surface area contributed by atoms with Crippen molar-refractivity contribution in [1.29, 1.82) is 0 Å². The van der Waals surface area contributed by atoms with Crippen LogP contribution >= 0.6 is 7.82 Å². The quantitative estimate of drug-likeness (QED) is 0.0302. The van der Waals surface area contributed by atoms with E-state index in [9.17, 15) is 14.3 Å². The molecule has 0 heterocycles. The molecule has 0 radical (unpaired) electrons. The van der Waals surface area contributed by atoms with E-state index in [0.717, 1.165) is 64.2 Å². The van der Waals surface area contributed by atoms with Gasteiger partial charge in [0.05, 0.1) is 26.2 Å². The van der Waals surface area contributed by atoms with Crippen LogP contribution < -0.4 is 5.73 Å². The van der Waals surface area contributed by atoms with Crippen LogP contribution in [-0.2, 0) is 27.9 Å². The van der Waals surface area contributed by atoms with Gasteiger partial charge in [0, 0.05) is 13.2 Å². The molecule has 3 N–H and O–H groups in total. The molecule has 0 aliphatic rings. The number of esters is 1. The van der Waals surface area contributed by atoms with Crippen molar-refractivity contribution in [2.24, 2.45) is 5.73 Å². The molecular weight excluding hydrogens is 625 g/mol. The van der Waals surface area contributed by atoms with E-state index >= 15 is 0 Å². The van der Waals surface area contributed by atoms with Crippen LogP contribution in [0, 0.1) is 0 Å². The zero-order valence-corrected chi connectivity index (χ0v) is 30.8. The molecule has 2 unspecified atom stereocenters. The molecule has 0 spiro atoms. The van der Waals surface area contributed by atoms with E-state index in [1.165, 1.54) is 25.7 Å². The molecule has 0 aliphatic heterocycles. The molecule has 0 fully saturated rings. The second-order valence-electron chi connectivity index (χ2n) is 11.4. The lowest BCUT2D eigenvalue weighted by Gasteiger charge is -2.19. The van der Waals surface area contributed by atoms with Gasteiger partial charge in [-0.3, -0.25) is 13.8 Å². The first-order chi connectivity index (χ1) is 23.4. The standard InChI is InChI=1S/C39H66NO7P/c1-3-5-7-9-11-13-15-17-19-20-22-24-26-28-30-32-39(41)47-38(37-46-48(42,43)45-35-33-40)36-44-34-31-29-27-25-23-21-18-16-14-12-10-8-6-4-2/h5,7-8,10-11,13-14,16-17,19,22,24,28,30,38H,3-4,6,9,12,15,18,20-21,23,25-27,29,31-37,40H2,1-2H3,(H,42,43)/b7-5-,10-8-,13-11-,16-14-,19-17-,24-22-,30-28-. The summed E-state index contributed by atoms with van der Waals surface area (Å²) in [5.41, 5.74) is 5.34. The van der Waals surface area contributed by atoms with Crippen LogP contribution in [0.2, 0.25) is 0 Å². The molecule has 48 heavy (non-hydrogen) atoms. The number of ether oxygens (including phenoxy) is 2. The first-order valence-electron chi connectivity index (χ1n) is 18.1. The normalized spacial score (nSPS) is 14.7. The minimum absolute atomic E-state index is 0.0638. The van der Waals surface area contributed by atoms with Gasteiger partial charge in [-0.2, -0.15) is 0 Å². The molecule has 0 saturated carbocycles. The highest BCUT2D eigenvalue weighted by molar-refractivity contribution is 7.47. The summed E-state index contributed by atoms with van der Waals surface area (Å²) in [5, 5.41) is 0. The van der Waals surface area contributed by atoms with Crippen LogP contribution in [0.4, 0.5) is 0 Å². The third-order valence-corrected chi connectivity index (χ3v) is 7.79. The molecule has 274 valence electrons. The maximum atomic E-state index is 12.4. The summed E-state index contributed by atoms with van der Waals surface area (Å²) >= 11 is 0. The largest absolute Gasteiger partial charge is 0.472 e. The van der Waals surface area contributed by atoms with Crippen LogP contribution in [0.5, 0.6) is 0 Å². The van der Waals surface area contributed by atoms with Gasteiger partial charge in [0.15, 0.2) is 0 Å². The van der Waals surface area contributed by atoms with Crippen molar-refractivity contribution < 1.29 is 32.8 Å². The highest BCUT2D eigenvalue weighted by Crippen LogP contribution is 2.43. The Bertz CT molecular complexity index is 1000. The Morgan fingerprint density at radius 2 is 1.17 bits per heavy atom. The predicted octanol–water partition coefficient (Wildman–Crippen LogP) is 10.2. The van der Waals surface area contributed by atoms with E-state index in [0.29, 0.717) is 13.0 Å². The number of rotatable bonds is 33. The van der Waals surface area contributed by atoms with Crippen molar-refractivity contribution in [1.82, 2.24) is 0 Å². The van der Waals surface area contributed by atoms with Crippen molar-refractivity contribution in [3.63, 3.8) is 0 Å². The molecule has 0 bridgehead atoms. The monoisotopic (exact) mass is 691 g/mol. The average Bonchev–Trinajstić information content (AvgIpc) is 3.07. The number of carbonyl (C=O) groups excluding carboxylic acids is 1. The molecular formula is C39H66NO7P. The van der Waals surface area contributed by atoms with E-state index in [1.54, 1.807) is 6.08 Å². The second-order valence-corrected chi connectivity index (χ2v) is 12.8. The number of unbranched alkanes of at least 4 members (excludes halogenated alkanes) is 7. The Hall–Kier alpha value is -2.32. The summed E-state index contributed by atoms with van der Waals surface area (Å²) in [6.45, 7) is 4.54. The van der Waals surface area contributed by atoms with Crippen LogP contribution in [0.3, 0.4) is 0 Å². The van der Waals surface area contributed by atoms with E-state index in [1.807, 2.05) is 6.08 Å². The van der Waals surface area contributed by atoms with Crippen molar-refractivity contribution in [3.05, 3.63) is 85.1 Å². The fraction of sp³-hybridized carbons (Fsp3) is 0.615. The van der Waals surface area contributed by atoms with Crippen LogP contribution in [0.15, 0.2) is 85.1 Å². The Kier molecular flexibility index (Phi) is 34.2. The summed E-state index contributed by atoms with van der Waals surface area (Å²) in [5.74, 6) is -0.466. The number of hydrogen-bond donors (Lipinski definition) is 2. The summed E-state index contributed by atoms with van der Waals surface area (Å²) in [6.07, 6.45) is 44.8. The molecule has 0 amide bonds. The van der Waals surface area contributed by atoms with Gasteiger partial charge in [0.1, 0.15) is 6.10 Å². The van der Waals surface area contributed by atoms with Crippen molar-refractivity contribution in [2.45, 2.75) is 123 Å². The van der Waals surface area contributed by atoms with Gasteiger partial charge in [-0.1, -0.05) is 131 Å². The number of nitrogens with two attached hydrogens (primary N) is 1. The summed E-state index contributed by atoms with van der Waals surface area (Å²) in [6, 6.07) is 0. The number of carbonyl (C=O) groups is 1. The van der Waals surface area contributed by atoms with Crippen molar-refractivity contribution in [3.8, 4) is 0 Å². The van der Waals surface area contributed by atoms with Crippen LogP contribution in [0.1, 0.15) is 117 Å². The molecule has 8 nitrogen and oxygen atoms in total. The lowest BCUT2D eigenvalue weighted by Crippen LogP contribution is -2.28. The SMILES string of the molecule is CC/C=C\C/C=C\C/C=C\C/C=C\C/C=C\CC(=O)OC(COCCCCCCCC/C=C\C/C=C\CCC)COP(=O)(O)OCCN.